The van der Waals surface area contributed by atoms with Gasteiger partial charge in [0.25, 0.3) is 0 Å². The van der Waals surface area contributed by atoms with E-state index in [-0.39, 0.29) is 31.4 Å². The fraction of sp³-hybridized carbons (Fsp3) is 0.405. The van der Waals surface area contributed by atoms with E-state index in [0.717, 1.165) is 31.5 Å². The van der Waals surface area contributed by atoms with E-state index >= 15 is 0 Å². The van der Waals surface area contributed by atoms with Crippen LogP contribution in [0.4, 0.5) is 19.7 Å². The van der Waals surface area contributed by atoms with Gasteiger partial charge in [-0.3, -0.25) is 19.9 Å². The van der Waals surface area contributed by atoms with Crippen molar-refractivity contribution in [3.8, 4) is 0 Å². The number of carbonyl (C=O) groups excluding carboxylic acids is 4. The number of hydrogen-bond donors (Lipinski definition) is 1. The van der Waals surface area contributed by atoms with Crippen molar-refractivity contribution < 1.29 is 37.8 Å². The van der Waals surface area contributed by atoms with Gasteiger partial charge in [-0.25, -0.2) is 18.8 Å². The van der Waals surface area contributed by atoms with Gasteiger partial charge in [0.1, 0.15) is 18.5 Å². The third-order valence-corrected chi connectivity index (χ3v) is 9.04. The minimum atomic E-state index is -1.11. The number of piperidine rings is 2. The lowest BCUT2D eigenvalue weighted by molar-refractivity contribution is -0.151. The maximum absolute atomic E-state index is 14.0. The predicted octanol–water partition coefficient (Wildman–Crippen LogP) is 6.42. The summed E-state index contributed by atoms with van der Waals surface area (Å²) in [5.74, 6) is -1.55. The topological polar surface area (TPSA) is 114 Å². The molecule has 0 aliphatic carbocycles. The Morgan fingerprint density at radius 3 is 2.23 bits per heavy atom. The number of Topliss-reactive ketones (excluding diaryl/α,β-unsaturated/α-hetero) is 1. The number of nitrogens with zero attached hydrogens (tertiary/aromatic N) is 2. The fourth-order valence-corrected chi connectivity index (χ4v) is 6.35. The molecule has 2 heterocycles. The van der Waals surface area contributed by atoms with Gasteiger partial charge in [0.15, 0.2) is 12.4 Å². The lowest BCUT2D eigenvalue weighted by Crippen LogP contribution is -2.60. The molecule has 3 aromatic carbocycles. The minimum absolute atomic E-state index is 0.0184. The second-order valence-electron chi connectivity index (χ2n) is 12.4. The van der Waals surface area contributed by atoms with E-state index in [1.54, 1.807) is 31.2 Å². The maximum atomic E-state index is 14.0. The van der Waals surface area contributed by atoms with Gasteiger partial charge in [0, 0.05) is 29.8 Å². The molecule has 2 fully saturated rings. The number of carbonyl (C=O) groups is 4. The SMILES string of the molecule is CCOC(=O)Nc1ccc(C(=O)COC(=O)C2C(c3ccc(F)cc3)CC(N3CCC(C)CC3)CN2C(=O)OCc2ccccc2)cc1. The summed E-state index contributed by atoms with van der Waals surface area (Å²) >= 11 is 0. The lowest BCUT2D eigenvalue weighted by Gasteiger charge is -2.47. The van der Waals surface area contributed by atoms with Crippen LogP contribution in [0.2, 0.25) is 0 Å². The number of benzene rings is 3. The number of amides is 2. The average molecular weight is 660 g/mol. The van der Waals surface area contributed by atoms with Crippen LogP contribution >= 0.6 is 0 Å². The Kier molecular flexibility index (Phi) is 11.8. The van der Waals surface area contributed by atoms with E-state index in [9.17, 15) is 23.6 Å². The highest BCUT2D eigenvalue weighted by atomic mass is 19.1. The molecule has 48 heavy (non-hydrogen) atoms. The van der Waals surface area contributed by atoms with Gasteiger partial charge >= 0.3 is 18.2 Å². The Bertz CT molecular complexity index is 1540. The van der Waals surface area contributed by atoms with E-state index in [2.05, 4.69) is 17.1 Å². The van der Waals surface area contributed by atoms with Gasteiger partial charge in [-0.05, 0) is 92.7 Å². The van der Waals surface area contributed by atoms with Crippen molar-refractivity contribution in [1.29, 1.82) is 0 Å². The predicted molar refractivity (Wildman–Crippen MR) is 177 cm³/mol. The zero-order valence-corrected chi connectivity index (χ0v) is 27.3. The Balaban J connectivity index is 1.37. The monoisotopic (exact) mass is 659 g/mol. The quantitative estimate of drug-likeness (QED) is 0.151. The summed E-state index contributed by atoms with van der Waals surface area (Å²) in [5.41, 5.74) is 2.20. The highest BCUT2D eigenvalue weighted by Crippen LogP contribution is 2.37. The summed E-state index contributed by atoms with van der Waals surface area (Å²) in [6.07, 6.45) is 1.31. The number of likely N-dealkylation sites (tertiary alicyclic amines) is 2. The first-order valence-corrected chi connectivity index (χ1v) is 16.4. The van der Waals surface area contributed by atoms with Crippen molar-refractivity contribution in [2.45, 2.75) is 57.7 Å². The zero-order chi connectivity index (χ0) is 34.0. The van der Waals surface area contributed by atoms with Crippen molar-refractivity contribution in [1.82, 2.24) is 9.80 Å². The second kappa shape index (κ2) is 16.4. The number of hydrogen-bond acceptors (Lipinski definition) is 8. The van der Waals surface area contributed by atoms with Crippen LogP contribution in [0.15, 0.2) is 78.9 Å². The van der Waals surface area contributed by atoms with Crippen LogP contribution in [0.3, 0.4) is 0 Å². The van der Waals surface area contributed by atoms with E-state index in [1.165, 1.54) is 29.2 Å². The highest BCUT2D eigenvalue weighted by Gasteiger charge is 2.47. The van der Waals surface area contributed by atoms with Crippen LogP contribution in [0, 0.1) is 11.7 Å². The van der Waals surface area contributed by atoms with E-state index in [4.69, 9.17) is 14.2 Å². The standard InChI is InChI=1S/C37H42FN3O7/c1-3-46-36(44)39-30-15-11-28(12-16-30)33(42)24-47-35(43)34-32(27-9-13-29(38)14-10-27)21-31(40-19-17-25(2)18-20-40)22-41(34)37(45)48-23-26-7-5-4-6-8-26/h4-16,25,31-32,34H,3,17-24H2,1-2H3,(H,39,44). The number of ether oxygens (including phenoxy) is 3. The molecular formula is C37H42FN3O7. The number of nitrogens with one attached hydrogen (secondary N) is 1. The van der Waals surface area contributed by atoms with Gasteiger partial charge in [-0.1, -0.05) is 49.4 Å². The molecule has 3 atom stereocenters. The summed E-state index contributed by atoms with van der Waals surface area (Å²) in [7, 11) is 0. The summed E-state index contributed by atoms with van der Waals surface area (Å²) in [6, 6.07) is 20.1. The molecule has 11 heteroatoms. The van der Waals surface area contributed by atoms with Gasteiger partial charge in [-0.2, -0.15) is 0 Å². The van der Waals surface area contributed by atoms with E-state index in [1.807, 2.05) is 30.3 Å². The van der Waals surface area contributed by atoms with Crippen LogP contribution in [0.5, 0.6) is 0 Å². The first-order valence-electron chi connectivity index (χ1n) is 16.4. The van der Waals surface area contributed by atoms with Crippen LogP contribution in [-0.2, 0) is 25.6 Å². The summed E-state index contributed by atoms with van der Waals surface area (Å²) in [6.45, 7) is 5.58. The molecule has 10 nitrogen and oxygen atoms in total. The molecule has 0 saturated carbocycles. The second-order valence-corrected chi connectivity index (χ2v) is 12.4. The van der Waals surface area contributed by atoms with Crippen molar-refractivity contribution >= 4 is 29.6 Å². The molecule has 2 saturated heterocycles. The number of esters is 1. The molecule has 1 N–H and O–H groups in total. The molecule has 0 radical (unpaired) electrons. The molecule has 5 rings (SSSR count). The Morgan fingerprint density at radius 1 is 0.875 bits per heavy atom. The summed E-state index contributed by atoms with van der Waals surface area (Å²) in [5, 5.41) is 2.56. The van der Waals surface area contributed by atoms with E-state index < -0.39 is 48.3 Å². The summed E-state index contributed by atoms with van der Waals surface area (Å²) in [4.78, 5) is 56.3. The molecule has 3 unspecified atom stereocenters. The van der Waals surface area contributed by atoms with E-state index in [0.29, 0.717) is 23.6 Å². The van der Waals surface area contributed by atoms with Gasteiger partial charge in [-0.15, -0.1) is 0 Å². The molecule has 0 spiro atoms. The molecule has 3 aromatic rings. The number of halogens is 1. The molecule has 0 aromatic heterocycles. The minimum Gasteiger partial charge on any atom is -0.456 e. The van der Waals surface area contributed by atoms with Crippen LogP contribution in [-0.4, -0.2) is 78.7 Å². The molecule has 2 aliphatic heterocycles. The Hall–Kier alpha value is -4.77. The maximum Gasteiger partial charge on any atom is 0.411 e. The third-order valence-electron chi connectivity index (χ3n) is 9.04. The third kappa shape index (κ3) is 8.97. The smallest absolute Gasteiger partial charge is 0.411 e. The van der Waals surface area contributed by atoms with Crippen LogP contribution < -0.4 is 5.32 Å². The molecule has 0 bridgehead atoms. The fourth-order valence-electron chi connectivity index (χ4n) is 6.35. The van der Waals surface area contributed by atoms with Gasteiger partial charge in [0.05, 0.1) is 6.61 Å². The Labute approximate surface area is 280 Å². The molecule has 2 amide bonds. The van der Waals surface area contributed by atoms with Crippen molar-refractivity contribution in [3.63, 3.8) is 0 Å². The van der Waals surface area contributed by atoms with Gasteiger partial charge in [0.2, 0.25) is 0 Å². The van der Waals surface area contributed by atoms with Crippen LogP contribution in [0.25, 0.3) is 0 Å². The molecular weight excluding hydrogens is 617 g/mol. The number of rotatable bonds is 10. The normalized spacial score (nSPS) is 20.1. The number of anilines is 1. The summed E-state index contributed by atoms with van der Waals surface area (Å²) < 4.78 is 30.3. The largest absolute Gasteiger partial charge is 0.456 e. The van der Waals surface area contributed by atoms with Crippen LogP contribution in [0.1, 0.15) is 60.5 Å². The zero-order valence-electron chi connectivity index (χ0n) is 27.3. The highest BCUT2D eigenvalue weighted by molar-refractivity contribution is 5.99. The average Bonchev–Trinajstić information content (AvgIpc) is 3.10. The van der Waals surface area contributed by atoms with Gasteiger partial charge < -0.3 is 14.2 Å². The van der Waals surface area contributed by atoms with Crippen molar-refractivity contribution in [2.24, 2.45) is 5.92 Å². The van der Waals surface area contributed by atoms with Crippen molar-refractivity contribution in [3.05, 3.63) is 101 Å². The van der Waals surface area contributed by atoms with Crippen molar-refractivity contribution in [2.75, 3.05) is 38.2 Å². The molecule has 2 aliphatic rings. The number of ketones is 1. The Morgan fingerprint density at radius 2 is 1.56 bits per heavy atom. The lowest BCUT2D eigenvalue weighted by atomic mass is 9.80. The molecule has 254 valence electrons. The first-order chi connectivity index (χ1) is 23.2. The first kappa shape index (κ1) is 34.6.